The lowest BCUT2D eigenvalue weighted by Crippen LogP contribution is -2.44. The van der Waals surface area contributed by atoms with Crippen molar-refractivity contribution < 1.29 is 4.74 Å². The highest BCUT2D eigenvalue weighted by atomic mass is 16.5. The van der Waals surface area contributed by atoms with Crippen molar-refractivity contribution in [3.05, 3.63) is 61.1 Å². The minimum Gasteiger partial charge on any atom is -0.476 e. The Morgan fingerprint density at radius 3 is 2.61 bits per heavy atom. The number of rotatable bonds is 6. The van der Waals surface area contributed by atoms with Gasteiger partial charge in [-0.15, -0.1) is 0 Å². The van der Waals surface area contributed by atoms with E-state index in [2.05, 4.69) is 61.3 Å². The number of nitrogens with zero attached hydrogens (tertiary/aromatic N) is 6. The summed E-state index contributed by atoms with van der Waals surface area (Å²) in [6.07, 6.45) is 5.89. The fourth-order valence-electron chi connectivity index (χ4n) is 4.18. The largest absolute Gasteiger partial charge is 0.476 e. The van der Waals surface area contributed by atoms with Crippen LogP contribution in [-0.2, 0) is 0 Å². The van der Waals surface area contributed by atoms with Gasteiger partial charge in [0.05, 0.1) is 11.9 Å². The van der Waals surface area contributed by atoms with Crippen LogP contribution < -0.4 is 15.4 Å². The van der Waals surface area contributed by atoms with Crippen molar-refractivity contribution in [1.82, 2.24) is 19.3 Å². The van der Waals surface area contributed by atoms with Gasteiger partial charge in [-0.1, -0.05) is 6.07 Å². The van der Waals surface area contributed by atoms with Crippen molar-refractivity contribution in [2.24, 2.45) is 10.7 Å². The number of piperazine rings is 1. The van der Waals surface area contributed by atoms with Gasteiger partial charge in [0.1, 0.15) is 29.6 Å². The summed E-state index contributed by atoms with van der Waals surface area (Å²) < 4.78 is 7.55. The van der Waals surface area contributed by atoms with Crippen molar-refractivity contribution in [2.75, 3.05) is 44.9 Å². The smallest absolute Gasteiger partial charge is 0.146 e. The topological polar surface area (TPSA) is 84.3 Å². The second-order valence-electron chi connectivity index (χ2n) is 8.13. The molecule has 1 aromatic carbocycles. The number of aliphatic imine (C=N–C) groups is 1. The van der Waals surface area contributed by atoms with Crippen LogP contribution in [0, 0.1) is 0 Å². The van der Waals surface area contributed by atoms with Crippen LogP contribution in [0.4, 0.5) is 11.5 Å². The van der Waals surface area contributed by atoms with Crippen LogP contribution in [0.5, 0.6) is 5.75 Å². The predicted octanol–water partition coefficient (Wildman–Crippen LogP) is 3.44. The van der Waals surface area contributed by atoms with Gasteiger partial charge in [-0.05, 0) is 61.3 Å². The highest BCUT2D eigenvalue weighted by Gasteiger charge is 2.17. The van der Waals surface area contributed by atoms with Gasteiger partial charge >= 0.3 is 0 Å². The van der Waals surface area contributed by atoms with Crippen molar-refractivity contribution in [3.63, 3.8) is 0 Å². The summed E-state index contributed by atoms with van der Waals surface area (Å²) in [5, 5.41) is 0. The molecule has 0 radical (unpaired) electrons. The van der Waals surface area contributed by atoms with Crippen molar-refractivity contribution in [2.45, 2.75) is 0 Å². The first-order valence-electron chi connectivity index (χ1n) is 11.0. The molecule has 4 aromatic rings. The third-order valence-corrected chi connectivity index (χ3v) is 6.08. The Hall–Kier alpha value is -3.75. The molecule has 1 fully saturated rings. The van der Waals surface area contributed by atoms with Crippen LogP contribution in [0.1, 0.15) is 0 Å². The SMILES string of the molecule is C=Nc1cc(-c2ccc3ncc(-c4ccnc(N5CCN(C)CC5)c4)n3c2)ccc1OCN. The van der Waals surface area contributed by atoms with E-state index in [0.717, 1.165) is 60.0 Å². The van der Waals surface area contributed by atoms with Crippen LogP contribution in [-0.4, -0.2) is 65.9 Å². The lowest BCUT2D eigenvalue weighted by molar-refractivity contribution is 0.312. The zero-order valence-corrected chi connectivity index (χ0v) is 18.7. The van der Waals surface area contributed by atoms with Gasteiger partial charge in [-0.2, -0.15) is 0 Å². The van der Waals surface area contributed by atoms with Gasteiger partial charge in [0.25, 0.3) is 0 Å². The van der Waals surface area contributed by atoms with Gasteiger partial charge in [-0.3, -0.25) is 15.1 Å². The number of likely N-dealkylation sites (N-methyl/N-ethyl adjacent to an activating group) is 1. The number of nitrogens with two attached hydrogens (primary N) is 1. The predicted molar refractivity (Wildman–Crippen MR) is 132 cm³/mol. The molecule has 0 aliphatic carbocycles. The highest BCUT2D eigenvalue weighted by Crippen LogP contribution is 2.33. The van der Waals surface area contributed by atoms with Gasteiger partial charge < -0.3 is 14.5 Å². The van der Waals surface area contributed by atoms with Gasteiger partial charge in [0, 0.05) is 44.1 Å². The van der Waals surface area contributed by atoms with E-state index in [-0.39, 0.29) is 6.73 Å². The summed E-state index contributed by atoms with van der Waals surface area (Å²) in [6, 6.07) is 14.1. The Kier molecular flexibility index (Phi) is 5.77. The number of anilines is 1. The van der Waals surface area contributed by atoms with E-state index in [1.807, 2.05) is 42.7 Å². The first kappa shape index (κ1) is 21.1. The molecule has 1 aliphatic heterocycles. The summed E-state index contributed by atoms with van der Waals surface area (Å²) in [7, 11) is 2.16. The van der Waals surface area contributed by atoms with E-state index in [1.165, 1.54) is 0 Å². The maximum absolute atomic E-state index is 5.52. The van der Waals surface area contributed by atoms with Crippen LogP contribution in [0.25, 0.3) is 28.0 Å². The molecule has 168 valence electrons. The quantitative estimate of drug-likeness (QED) is 0.365. The molecule has 1 aliphatic rings. The summed E-state index contributed by atoms with van der Waals surface area (Å²) in [4.78, 5) is 18.0. The molecule has 8 nitrogen and oxygen atoms in total. The highest BCUT2D eigenvalue weighted by molar-refractivity contribution is 5.74. The van der Waals surface area contributed by atoms with Gasteiger partial charge in [0.2, 0.25) is 0 Å². The minimum atomic E-state index is 0.0915. The minimum absolute atomic E-state index is 0.0915. The lowest BCUT2D eigenvalue weighted by atomic mass is 10.1. The first-order valence-corrected chi connectivity index (χ1v) is 11.0. The monoisotopic (exact) mass is 441 g/mol. The molecule has 3 aromatic heterocycles. The van der Waals surface area contributed by atoms with Crippen molar-refractivity contribution >= 4 is 23.9 Å². The second-order valence-corrected chi connectivity index (χ2v) is 8.13. The average Bonchev–Trinajstić information content (AvgIpc) is 3.28. The van der Waals surface area contributed by atoms with Crippen molar-refractivity contribution in [3.8, 4) is 28.1 Å². The molecule has 1 saturated heterocycles. The molecule has 4 heterocycles. The zero-order chi connectivity index (χ0) is 22.8. The summed E-state index contributed by atoms with van der Waals surface area (Å²) in [5.41, 5.74) is 11.2. The van der Waals surface area contributed by atoms with Crippen LogP contribution in [0.2, 0.25) is 0 Å². The van der Waals surface area contributed by atoms with E-state index in [0.29, 0.717) is 11.4 Å². The molecule has 0 atom stereocenters. The molecular weight excluding hydrogens is 414 g/mol. The zero-order valence-electron chi connectivity index (χ0n) is 18.7. The molecular formula is C25H27N7O. The number of hydrogen-bond donors (Lipinski definition) is 1. The molecule has 8 heteroatoms. The van der Waals surface area contributed by atoms with Crippen LogP contribution in [0.3, 0.4) is 0 Å². The Morgan fingerprint density at radius 2 is 1.82 bits per heavy atom. The summed E-state index contributed by atoms with van der Waals surface area (Å²) in [6.45, 7) is 7.79. The fourth-order valence-corrected chi connectivity index (χ4v) is 4.18. The maximum Gasteiger partial charge on any atom is 0.146 e. The normalized spacial score (nSPS) is 14.5. The van der Waals surface area contributed by atoms with Crippen molar-refractivity contribution in [1.29, 1.82) is 0 Å². The Bertz CT molecular complexity index is 1290. The van der Waals surface area contributed by atoms with E-state index >= 15 is 0 Å². The fraction of sp³-hybridized carbons (Fsp3) is 0.240. The average molecular weight is 442 g/mol. The second kappa shape index (κ2) is 9.01. The Labute approximate surface area is 193 Å². The van der Waals surface area contributed by atoms with Gasteiger partial charge in [0.15, 0.2) is 0 Å². The molecule has 33 heavy (non-hydrogen) atoms. The number of aromatic nitrogens is 3. The van der Waals surface area contributed by atoms with Crippen LogP contribution >= 0.6 is 0 Å². The third-order valence-electron chi connectivity index (χ3n) is 6.08. The molecule has 0 amide bonds. The van der Waals surface area contributed by atoms with E-state index in [4.69, 9.17) is 10.5 Å². The Morgan fingerprint density at radius 1 is 1.00 bits per heavy atom. The van der Waals surface area contributed by atoms with E-state index < -0.39 is 0 Å². The number of pyridine rings is 2. The molecule has 5 rings (SSSR count). The number of fused-ring (bicyclic) bond motifs is 1. The number of ether oxygens (including phenoxy) is 1. The summed E-state index contributed by atoms with van der Waals surface area (Å²) in [5.74, 6) is 1.62. The standard InChI is InChI=1S/C25H27N7O/c1-27-21-13-18(3-5-23(21)33-17-26)20-4-6-24-29-15-22(32(24)16-20)19-7-8-28-25(14-19)31-11-9-30(2)10-12-31/h3-8,13-16H,1,9-12,17,26H2,2H3. The molecule has 0 unspecified atom stereocenters. The number of benzene rings is 1. The third kappa shape index (κ3) is 4.18. The lowest BCUT2D eigenvalue weighted by Gasteiger charge is -2.33. The number of imidazole rings is 1. The Balaban J connectivity index is 1.51. The number of hydrogen-bond acceptors (Lipinski definition) is 7. The van der Waals surface area contributed by atoms with Crippen LogP contribution in [0.15, 0.2) is 66.0 Å². The molecule has 0 saturated carbocycles. The molecule has 0 bridgehead atoms. The molecule has 2 N–H and O–H groups in total. The molecule has 0 spiro atoms. The van der Waals surface area contributed by atoms with Gasteiger partial charge in [-0.25, -0.2) is 9.97 Å². The summed E-state index contributed by atoms with van der Waals surface area (Å²) >= 11 is 0. The van der Waals surface area contributed by atoms with E-state index in [1.54, 1.807) is 0 Å². The van der Waals surface area contributed by atoms with E-state index in [9.17, 15) is 0 Å². The maximum atomic E-state index is 5.52. The first-order chi connectivity index (χ1) is 16.2.